The van der Waals surface area contributed by atoms with Crippen LogP contribution in [0.1, 0.15) is 27.2 Å². The molecule has 4 nitrogen and oxygen atoms in total. The number of Topliss-reactive ketones (excluding diaryl/α,β-unsaturated/α-hetero) is 1. The minimum atomic E-state index is -0.163. The third-order valence-corrected chi connectivity index (χ3v) is 8.95. The van der Waals surface area contributed by atoms with E-state index in [1.54, 1.807) is 46.2 Å². The molecule has 0 bridgehead atoms. The van der Waals surface area contributed by atoms with Gasteiger partial charge in [-0.3, -0.25) is 14.2 Å². The number of nitrogens with zero attached hydrogens (tertiary/aromatic N) is 2. The molecule has 0 amide bonds. The minimum Gasteiger partial charge on any atom is -0.293 e. The second kappa shape index (κ2) is 8.54. The zero-order valence-electron chi connectivity index (χ0n) is 15.8. The van der Waals surface area contributed by atoms with Crippen LogP contribution in [0.4, 0.5) is 0 Å². The molecule has 0 unspecified atom stereocenters. The SMILES string of the molecule is O=C(CSc1nc2sc3c(c2c(=O)n1-c1ccc(Cl)cc1)CCC3)c1cc(Cl)sc1Cl. The molecule has 158 valence electrons. The van der Waals surface area contributed by atoms with Gasteiger partial charge in [-0.05, 0) is 55.2 Å². The first-order valence-electron chi connectivity index (χ1n) is 9.36. The fourth-order valence-electron chi connectivity index (χ4n) is 3.68. The predicted octanol–water partition coefficient (Wildman–Crippen LogP) is 6.93. The van der Waals surface area contributed by atoms with E-state index >= 15 is 0 Å². The van der Waals surface area contributed by atoms with Gasteiger partial charge in [0.15, 0.2) is 10.9 Å². The van der Waals surface area contributed by atoms with Crippen LogP contribution in [-0.4, -0.2) is 21.1 Å². The summed E-state index contributed by atoms with van der Waals surface area (Å²) >= 11 is 22.1. The molecule has 0 saturated heterocycles. The van der Waals surface area contributed by atoms with Crippen molar-refractivity contribution in [3.8, 4) is 5.69 Å². The molecule has 1 aliphatic carbocycles. The minimum absolute atomic E-state index is 0.0867. The number of aromatic nitrogens is 2. The van der Waals surface area contributed by atoms with Gasteiger partial charge in [0.05, 0.1) is 21.2 Å². The number of aryl methyl sites for hydroxylation is 2. The van der Waals surface area contributed by atoms with Gasteiger partial charge in [0.25, 0.3) is 5.56 Å². The van der Waals surface area contributed by atoms with E-state index in [1.165, 1.54) is 16.6 Å². The molecule has 0 fully saturated rings. The van der Waals surface area contributed by atoms with Crippen LogP contribution in [0, 0.1) is 0 Å². The Labute approximate surface area is 204 Å². The van der Waals surface area contributed by atoms with Crippen LogP contribution in [0.5, 0.6) is 0 Å². The quantitative estimate of drug-likeness (QED) is 0.160. The summed E-state index contributed by atoms with van der Waals surface area (Å²) in [5.41, 5.74) is 2.06. The van der Waals surface area contributed by atoms with E-state index in [2.05, 4.69) is 0 Å². The molecule has 5 rings (SSSR count). The number of ketones is 1. The number of fused-ring (bicyclic) bond motifs is 3. The van der Waals surface area contributed by atoms with Gasteiger partial charge in [0, 0.05) is 15.5 Å². The van der Waals surface area contributed by atoms with Crippen molar-refractivity contribution in [1.29, 1.82) is 0 Å². The topological polar surface area (TPSA) is 52.0 Å². The summed E-state index contributed by atoms with van der Waals surface area (Å²) in [6.07, 6.45) is 2.94. The van der Waals surface area contributed by atoms with E-state index in [0.717, 1.165) is 41.0 Å². The van der Waals surface area contributed by atoms with Crippen molar-refractivity contribution in [2.75, 3.05) is 5.75 Å². The number of benzene rings is 1. The highest BCUT2D eigenvalue weighted by molar-refractivity contribution is 7.99. The van der Waals surface area contributed by atoms with Gasteiger partial charge in [-0.15, -0.1) is 22.7 Å². The number of thiophene rings is 2. The Kier molecular flexibility index (Phi) is 5.92. The number of rotatable bonds is 5. The summed E-state index contributed by atoms with van der Waals surface area (Å²) < 4.78 is 2.40. The van der Waals surface area contributed by atoms with Crippen LogP contribution in [0.25, 0.3) is 15.9 Å². The number of carbonyl (C=O) groups is 1. The van der Waals surface area contributed by atoms with E-state index in [0.29, 0.717) is 35.5 Å². The van der Waals surface area contributed by atoms with Crippen molar-refractivity contribution < 1.29 is 4.79 Å². The van der Waals surface area contributed by atoms with E-state index in [1.807, 2.05) is 0 Å². The average Bonchev–Trinajstić information content (AvgIpc) is 3.41. The highest BCUT2D eigenvalue weighted by Crippen LogP contribution is 2.37. The van der Waals surface area contributed by atoms with E-state index in [9.17, 15) is 9.59 Å². The fourth-order valence-corrected chi connectivity index (χ4v) is 7.50. The average molecular weight is 528 g/mol. The fraction of sp³-hybridized carbons (Fsp3) is 0.190. The molecule has 0 radical (unpaired) electrons. The third-order valence-electron chi connectivity index (χ3n) is 5.08. The molecular formula is C21H13Cl3N2O2S3. The second-order valence-electron chi connectivity index (χ2n) is 7.00. The smallest absolute Gasteiger partial charge is 0.267 e. The van der Waals surface area contributed by atoms with Crippen molar-refractivity contribution in [2.45, 2.75) is 24.4 Å². The normalized spacial score (nSPS) is 13.1. The Balaban J connectivity index is 1.60. The lowest BCUT2D eigenvalue weighted by Crippen LogP contribution is -2.22. The molecule has 31 heavy (non-hydrogen) atoms. The van der Waals surface area contributed by atoms with Gasteiger partial charge in [0.1, 0.15) is 9.17 Å². The monoisotopic (exact) mass is 526 g/mol. The third kappa shape index (κ3) is 3.96. The Morgan fingerprint density at radius 3 is 2.61 bits per heavy atom. The van der Waals surface area contributed by atoms with Crippen molar-refractivity contribution in [3.63, 3.8) is 0 Å². The van der Waals surface area contributed by atoms with Gasteiger partial charge < -0.3 is 0 Å². The number of carbonyl (C=O) groups excluding carboxylic acids is 1. The van der Waals surface area contributed by atoms with Crippen molar-refractivity contribution in [3.05, 3.63) is 70.4 Å². The maximum Gasteiger partial charge on any atom is 0.267 e. The summed E-state index contributed by atoms with van der Waals surface area (Å²) in [5, 5.41) is 1.73. The molecular weight excluding hydrogens is 515 g/mol. The van der Waals surface area contributed by atoms with Crippen LogP contribution >= 0.6 is 69.2 Å². The molecule has 3 heterocycles. The highest BCUT2D eigenvalue weighted by atomic mass is 35.5. The largest absolute Gasteiger partial charge is 0.293 e. The van der Waals surface area contributed by atoms with Crippen LogP contribution in [0.3, 0.4) is 0 Å². The first kappa shape index (κ1) is 21.5. The van der Waals surface area contributed by atoms with E-state index < -0.39 is 0 Å². The molecule has 0 spiro atoms. The first-order chi connectivity index (χ1) is 14.9. The summed E-state index contributed by atoms with van der Waals surface area (Å²) in [7, 11) is 0. The molecule has 0 atom stereocenters. The van der Waals surface area contributed by atoms with Crippen LogP contribution in [0.2, 0.25) is 13.7 Å². The summed E-state index contributed by atoms with van der Waals surface area (Å²) in [6, 6.07) is 8.61. The summed E-state index contributed by atoms with van der Waals surface area (Å²) in [4.78, 5) is 33.1. The molecule has 3 aromatic heterocycles. The van der Waals surface area contributed by atoms with Crippen molar-refractivity contribution in [1.82, 2.24) is 9.55 Å². The Morgan fingerprint density at radius 2 is 1.90 bits per heavy atom. The highest BCUT2D eigenvalue weighted by Gasteiger charge is 2.24. The number of hydrogen-bond donors (Lipinski definition) is 0. The molecule has 0 saturated carbocycles. The molecule has 0 N–H and O–H groups in total. The summed E-state index contributed by atoms with van der Waals surface area (Å²) in [6.45, 7) is 0. The Bertz CT molecular complexity index is 1390. The maximum atomic E-state index is 13.6. The lowest BCUT2D eigenvalue weighted by molar-refractivity contribution is 0.102. The van der Waals surface area contributed by atoms with Gasteiger partial charge in [0.2, 0.25) is 0 Å². The lowest BCUT2D eigenvalue weighted by Gasteiger charge is -2.12. The van der Waals surface area contributed by atoms with Gasteiger partial charge in [-0.25, -0.2) is 4.98 Å². The molecule has 4 aromatic rings. The Morgan fingerprint density at radius 1 is 1.13 bits per heavy atom. The zero-order chi connectivity index (χ0) is 21.7. The standard InChI is InChI=1S/C21H13Cl3N2O2S3/c22-10-4-6-11(7-5-10)26-20(28)17-12-2-1-3-15(12)30-19(17)25-21(26)29-9-14(27)13-8-16(23)31-18(13)24/h4-8H,1-3,9H2. The number of hydrogen-bond acceptors (Lipinski definition) is 6. The second-order valence-corrected chi connectivity index (χ2v) is 11.7. The van der Waals surface area contributed by atoms with Crippen molar-refractivity contribution in [2.24, 2.45) is 0 Å². The van der Waals surface area contributed by atoms with Crippen LogP contribution < -0.4 is 5.56 Å². The van der Waals surface area contributed by atoms with Crippen LogP contribution in [0.15, 0.2) is 40.3 Å². The van der Waals surface area contributed by atoms with E-state index in [4.69, 9.17) is 39.8 Å². The first-order valence-corrected chi connectivity index (χ1v) is 13.1. The maximum absolute atomic E-state index is 13.6. The lowest BCUT2D eigenvalue weighted by atomic mass is 10.2. The zero-order valence-corrected chi connectivity index (χ0v) is 20.5. The summed E-state index contributed by atoms with van der Waals surface area (Å²) in [5.74, 6) is -0.0764. The molecule has 0 aliphatic heterocycles. The van der Waals surface area contributed by atoms with Gasteiger partial charge in [-0.1, -0.05) is 46.6 Å². The Hall–Kier alpha value is -1.35. The predicted molar refractivity (Wildman–Crippen MR) is 132 cm³/mol. The van der Waals surface area contributed by atoms with Gasteiger partial charge >= 0.3 is 0 Å². The van der Waals surface area contributed by atoms with Crippen LogP contribution in [-0.2, 0) is 12.8 Å². The van der Waals surface area contributed by atoms with Gasteiger partial charge in [-0.2, -0.15) is 0 Å². The number of halogens is 3. The van der Waals surface area contributed by atoms with E-state index in [-0.39, 0.29) is 17.1 Å². The van der Waals surface area contributed by atoms with Crippen molar-refractivity contribution >= 4 is 85.2 Å². The number of thioether (sulfide) groups is 1. The molecule has 1 aromatic carbocycles. The molecule has 1 aliphatic rings. The molecule has 10 heteroatoms.